The summed E-state index contributed by atoms with van der Waals surface area (Å²) in [5.74, 6) is 1.97. The van der Waals surface area contributed by atoms with Crippen LogP contribution in [-0.2, 0) is 11.3 Å². The molecule has 2 aromatic carbocycles. The van der Waals surface area contributed by atoms with E-state index in [9.17, 15) is 0 Å². The zero-order valence-corrected chi connectivity index (χ0v) is 14.3. The van der Waals surface area contributed by atoms with Gasteiger partial charge in [-0.2, -0.15) is 0 Å². The number of aryl methyl sites for hydroxylation is 1. The largest absolute Gasteiger partial charge is 0.457 e. The SMILES string of the molecule is Cc1ccc(C(C)(C)C)c(Oc2cc(Cl)ccc2CCl)c1. The van der Waals surface area contributed by atoms with E-state index in [1.165, 1.54) is 0 Å². The Morgan fingerprint density at radius 2 is 1.71 bits per heavy atom. The fourth-order valence-corrected chi connectivity index (χ4v) is 2.57. The molecular formula is C18H20Cl2O. The molecule has 0 atom stereocenters. The molecule has 0 bridgehead atoms. The van der Waals surface area contributed by atoms with Crippen molar-refractivity contribution in [1.29, 1.82) is 0 Å². The number of hydrogen-bond acceptors (Lipinski definition) is 1. The maximum atomic E-state index is 6.15. The molecule has 0 aliphatic carbocycles. The Balaban J connectivity index is 2.49. The quantitative estimate of drug-likeness (QED) is 0.588. The van der Waals surface area contributed by atoms with Gasteiger partial charge in [-0.25, -0.2) is 0 Å². The first kappa shape index (κ1) is 16.2. The topological polar surface area (TPSA) is 9.23 Å². The van der Waals surface area contributed by atoms with Crippen LogP contribution in [0, 0.1) is 6.92 Å². The highest BCUT2D eigenvalue weighted by atomic mass is 35.5. The molecule has 112 valence electrons. The van der Waals surface area contributed by atoms with Crippen LogP contribution in [0.2, 0.25) is 5.02 Å². The molecule has 0 aromatic heterocycles. The van der Waals surface area contributed by atoms with E-state index >= 15 is 0 Å². The summed E-state index contributed by atoms with van der Waals surface area (Å²) in [4.78, 5) is 0. The Morgan fingerprint density at radius 1 is 1.00 bits per heavy atom. The van der Waals surface area contributed by atoms with Crippen molar-refractivity contribution in [1.82, 2.24) is 0 Å². The summed E-state index contributed by atoms with van der Waals surface area (Å²) < 4.78 is 6.15. The molecule has 0 radical (unpaired) electrons. The number of ether oxygens (including phenoxy) is 1. The van der Waals surface area contributed by atoms with Gasteiger partial charge in [0.2, 0.25) is 0 Å². The van der Waals surface area contributed by atoms with E-state index < -0.39 is 0 Å². The second-order valence-electron chi connectivity index (χ2n) is 6.24. The van der Waals surface area contributed by atoms with Crippen LogP contribution in [-0.4, -0.2) is 0 Å². The number of halogens is 2. The monoisotopic (exact) mass is 322 g/mol. The van der Waals surface area contributed by atoms with Crippen molar-refractivity contribution in [2.24, 2.45) is 0 Å². The van der Waals surface area contributed by atoms with Gasteiger partial charge >= 0.3 is 0 Å². The van der Waals surface area contributed by atoms with Gasteiger partial charge in [0.05, 0.1) is 5.88 Å². The van der Waals surface area contributed by atoms with E-state index in [0.717, 1.165) is 22.4 Å². The molecule has 0 spiro atoms. The number of alkyl halides is 1. The summed E-state index contributed by atoms with van der Waals surface area (Å²) in [5.41, 5.74) is 3.26. The van der Waals surface area contributed by atoms with Gasteiger partial charge < -0.3 is 4.74 Å². The molecule has 0 aliphatic heterocycles. The third kappa shape index (κ3) is 3.93. The van der Waals surface area contributed by atoms with E-state index in [-0.39, 0.29) is 5.41 Å². The highest BCUT2D eigenvalue weighted by Gasteiger charge is 2.20. The zero-order valence-electron chi connectivity index (χ0n) is 12.8. The number of hydrogen-bond donors (Lipinski definition) is 0. The fraction of sp³-hybridized carbons (Fsp3) is 0.333. The second kappa shape index (κ2) is 6.29. The van der Waals surface area contributed by atoms with E-state index in [2.05, 4.69) is 45.9 Å². The van der Waals surface area contributed by atoms with Crippen molar-refractivity contribution >= 4 is 23.2 Å². The Labute approximate surface area is 136 Å². The van der Waals surface area contributed by atoms with Gasteiger partial charge in [0, 0.05) is 16.1 Å². The predicted octanol–water partition coefficient (Wildman–Crippen LogP) is 6.48. The third-order valence-corrected chi connectivity index (χ3v) is 3.86. The lowest BCUT2D eigenvalue weighted by molar-refractivity contribution is 0.451. The van der Waals surface area contributed by atoms with Crippen LogP contribution in [0.1, 0.15) is 37.5 Å². The summed E-state index contributed by atoms with van der Waals surface area (Å²) >= 11 is 12.1. The fourth-order valence-electron chi connectivity index (χ4n) is 2.19. The Morgan fingerprint density at radius 3 is 2.33 bits per heavy atom. The Hall–Kier alpha value is -1.18. The van der Waals surface area contributed by atoms with Crippen LogP contribution in [0.3, 0.4) is 0 Å². The van der Waals surface area contributed by atoms with Crippen molar-refractivity contribution in [3.63, 3.8) is 0 Å². The molecule has 21 heavy (non-hydrogen) atoms. The first-order chi connectivity index (χ1) is 9.81. The summed E-state index contributed by atoms with van der Waals surface area (Å²) in [6, 6.07) is 11.8. The molecular weight excluding hydrogens is 303 g/mol. The van der Waals surface area contributed by atoms with Crippen LogP contribution in [0.4, 0.5) is 0 Å². The molecule has 2 rings (SSSR count). The second-order valence-corrected chi connectivity index (χ2v) is 6.94. The average Bonchev–Trinajstić information content (AvgIpc) is 2.37. The van der Waals surface area contributed by atoms with E-state index in [1.54, 1.807) is 0 Å². The van der Waals surface area contributed by atoms with Crippen molar-refractivity contribution in [2.75, 3.05) is 0 Å². The van der Waals surface area contributed by atoms with Crippen LogP contribution >= 0.6 is 23.2 Å². The third-order valence-electron chi connectivity index (χ3n) is 3.34. The molecule has 0 aliphatic rings. The van der Waals surface area contributed by atoms with Gasteiger partial charge in [0.25, 0.3) is 0 Å². The van der Waals surface area contributed by atoms with Crippen LogP contribution < -0.4 is 4.74 Å². The smallest absolute Gasteiger partial charge is 0.133 e. The highest BCUT2D eigenvalue weighted by molar-refractivity contribution is 6.30. The van der Waals surface area contributed by atoms with Gasteiger partial charge in [-0.1, -0.05) is 50.6 Å². The van der Waals surface area contributed by atoms with Gasteiger partial charge in [0.1, 0.15) is 11.5 Å². The van der Waals surface area contributed by atoms with Crippen LogP contribution in [0.15, 0.2) is 36.4 Å². The first-order valence-corrected chi connectivity index (χ1v) is 7.86. The lowest BCUT2D eigenvalue weighted by Gasteiger charge is -2.23. The van der Waals surface area contributed by atoms with Crippen molar-refractivity contribution in [2.45, 2.75) is 39.0 Å². The maximum absolute atomic E-state index is 6.15. The molecule has 1 nitrogen and oxygen atoms in total. The summed E-state index contributed by atoms with van der Waals surface area (Å²) in [6.45, 7) is 8.57. The van der Waals surface area contributed by atoms with Gasteiger partial charge in [-0.05, 0) is 36.1 Å². The van der Waals surface area contributed by atoms with Crippen molar-refractivity contribution in [3.05, 3.63) is 58.1 Å². The van der Waals surface area contributed by atoms with E-state index in [4.69, 9.17) is 27.9 Å². The average molecular weight is 323 g/mol. The van der Waals surface area contributed by atoms with Gasteiger partial charge in [-0.3, -0.25) is 0 Å². The van der Waals surface area contributed by atoms with Gasteiger partial charge in [0.15, 0.2) is 0 Å². The molecule has 0 saturated heterocycles. The standard InChI is InChI=1S/C18H20Cl2O/c1-12-5-8-15(18(2,3)4)17(9-12)21-16-10-14(20)7-6-13(16)11-19/h5-10H,11H2,1-4H3. The molecule has 0 N–H and O–H groups in total. The molecule has 0 unspecified atom stereocenters. The Kier molecular flexibility index (Phi) is 4.85. The highest BCUT2D eigenvalue weighted by Crippen LogP contribution is 2.37. The molecule has 0 fully saturated rings. The minimum atomic E-state index is 0.00271. The molecule has 0 heterocycles. The minimum absolute atomic E-state index is 0.00271. The number of rotatable bonds is 3. The molecule has 2 aromatic rings. The minimum Gasteiger partial charge on any atom is -0.457 e. The maximum Gasteiger partial charge on any atom is 0.133 e. The molecule has 3 heteroatoms. The normalized spacial score (nSPS) is 11.5. The van der Waals surface area contributed by atoms with E-state index in [1.807, 2.05) is 18.2 Å². The van der Waals surface area contributed by atoms with E-state index in [0.29, 0.717) is 16.7 Å². The van der Waals surface area contributed by atoms with Gasteiger partial charge in [-0.15, -0.1) is 11.6 Å². The number of benzene rings is 2. The molecule has 0 amide bonds. The summed E-state index contributed by atoms with van der Waals surface area (Å²) in [7, 11) is 0. The van der Waals surface area contributed by atoms with Crippen LogP contribution in [0.5, 0.6) is 11.5 Å². The lowest BCUT2D eigenvalue weighted by Crippen LogP contribution is -2.12. The van der Waals surface area contributed by atoms with Crippen molar-refractivity contribution < 1.29 is 4.74 Å². The zero-order chi connectivity index (χ0) is 15.6. The summed E-state index contributed by atoms with van der Waals surface area (Å²) in [6.07, 6.45) is 0. The molecule has 0 saturated carbocycles. The Bertz CT molecular complexity index is 642. The predicted molar refractivity (Wildman–Crippen MR) is 91.0 cm³/mol. The first-order valence-electron chi connectivity index (χ1n) is 6.94. The van der Waals surface area contributed by atoms with Crippen molar-refractivity contribution in [3.8, 4) is 11.5 Å². The van der Waals surface area contributed by atoms with Crippen LogP contribution in [0.25, 0.3) is 0 Å². The summed E-state index contributed by atoms with van der Waals surface area (Å²) in [5, 5.41) is 0.642. The lowest BCUT2D eigenvalue weighted by atomic mass is 9.86.